The Morgan fingerprint density at radius 1 is 0.327 bits per heavy atom. The molecular weight excluding hydrogens is 595 g/mol. The number of aromatic nitrogens is 3. The molecule has 49 heavy (non-hydrogen) atoms. The topological polar surface area (TPSA) is 38.7 Å². The van der Waals surface area contributed by atoms with Crippen molar-refractivity contribution in [3.8, 4) is 67.3 Å². The van der Waals surface area contributed by atoms with Crippen LogP contribution in [0.15, 0.2) is 176 Å². The summed E-state index contributed by atoms with van der Waals surface area (Å²) in [5.41, 5.74) is 16.9. The van der Waals surface area contributed by atoms with Gasteiger partial charge in [-0.05, 0) is 79.9 Å². The van der Waals surface area contributed by atoms with Crippen molar-refractivity contribution < 1.29 is 0 Å². The molecule has 1 spiro atoms. The summed E-state index contributed by atoms with van der Waals surface area (Å²) in [4.78, 5) is 14.6. The first-order valence-corrected chi connectivity index (χ1v) is 16.7. The van der Waals surface area contributed by atoms with Gasteiger partial charge in [-0.1, -0.05) is 140 Å². The molecular formula is C46H29N3. The molecule has 2 heterocycles. The van der Waals surface area contributed by atoms with Crippen molar-refractivity contribution in [1.29, 1.82) is 0 Å². The normalized spacial score (nSPS) is 13.1. The number of benzene rings is 6. The summed E-state index contributed by atoms with van der Waals surface area (Å²) in [6, 6.07) is 59.0. The maximum Gasteiger partial charge on any atom is 0.160 e. The number of fused-ring (bicyclic) bond motifs is 12. The minimum atomic E-state index is -0.508. The van der Waals surface area contributed by atoms with Gasteiger partial charge in [0.05, 0.1) is 16.8 Å². The van der Waals surface area contributed by atoms with Crippen molar-refractivity contribution in [2.75, 3.05) is 0 Å². The van der Waals surface area contributed by atoms with Crippen LogP contribution in [0.5, 0.6) is 0 Å². The number of hydrogen-bond donors (Lipinski definition) is 0. The van der Waals surface area contributed by atoms with Gasteiger partial charge in [-0.3, -0.25) is 4.98 Å². The fourth-order valence-electron chi connectivity index (χ4n) is 8.20. The Morgan fingerprint density at radius 2 is 0.776 bits per heavy atom. The number of rotatable bonds is 3. The fourth-order valence-corrected chi connectivity index (χ4v) is 8.20. The van der Waals surface area contributed by atoms with Crippen molar-refractivity contribution in [2.24, 2.45) is 0 Å². The van der Waals surface area contributed by atoms with E-state index in [4.69, 9.17) is 9.97 Å². The zero-order valence-electron chi connectivity index (χ0n) is 26.6. The Balaban J connectivity index is 1.29. The molecule has 0 saturated heterocycles. The molecule has 6 aromatic carbocycles. The maximum atomic E-state index is 5.20. The van der Waals surface area contributed by atoms with E-state index in [1.54, 1.807) is 0 Å². The van der Waals surface area contributed by atoms with E-state index in [0.29, 0.717) is 5.82 Å². The van der Waals surface area contributed by atoms with Crippen molar-refractivity contribution in [1.82, 2.24) is 15.0 Å². The first-order chi connectivity index (χ1) is 24.3. The van der Waals surface area contributed by atoms with Gasteiger partial charge < -0.3 is 0 Å². The van der Waals surface area contributed by atoms with Crippen LogP contribution in [0.1, 0.15) is 22.3 Å². The highest BCUT2D eigenvalue weighted by Gasteiger charge is 2.49. The molecule has 2 aliphatic rings. The van der Waals surface area contributed by atoms with E-state index in [1.165, 1.54) is 55.6 Å². The van der Waals surface area contributed by atoms with Crippen molar-refractivity contribution in [3.63, 3.8) is 0 Å². The third kappa shape index (κ3) is 4.06. The molecule has 0 atom stereocenters. The van der Waals surface area contributed by atoms with Crippen LogP contribution in [-0.4, -0.2) is 15.0 Å². The van der Waals surface area contributed by atoms with Crippen LogP contribution >= 0.6 is 0 Å². The predicted octanol–water partition coefficient (Wildman–Crippen LogP) is 10.9. The van der Waals surface area contributed by atoms with E-state index in [2.05, 4.69) is 151 Å². The van der Waals surface area contributed by atoms with E-state index in [9.17, 15) is 0 Å². The fraction of sp³-hybridized carbons (Fsp3) is 0.0217. The minimum absolute atomic E-state index is 0.508. The molecule has 2 aliphatic carbocycles. The molecule has 0 unspecified atom stereocenters. The van der Waals surface area contributed by atoms with Gasteiger partial charge in [-0.25, -0.2) is 9.97 Å². The van der Waals surface area contributed by atoms with Crippen LogP contribution in [0.25, 0.3) is 67.3 Å². The first-order valence-electron chi connectivity index (χ1n) is 16.7. The van der Waals surface area contributed by atoms with Crippen LogP contribution in [0.2, 0.25) is 0 Å². The first kappa shape index (κ1) is 27.6. The van der Waals surface area contributed by atoms with E-state index in [0.717, 1.165) is 28.1 Å². The van der Waals surface area contributed by atoms with Gasteiger partial charge in [-0.15, -0.1) is 0 Å². The van der Waals surface area contributed by atoms with E-state index in [1.807, 2.05) is 30.6 Å². The van der Waals surface area contributed by atoms with Crippen LogP contribution in [0, 0.1) is 0 Å². The number of hydrogen-bond acceptors (Lipinski definition) is 3. The molecule has 2 aromatic heterocycles. The molecule has 0 saturated carbocycles. The summed E-state index contributed by atoms with van der Waals surface area (Å²) in [6.07, 6.45) is 3.63. The summed E-state index contributed by atoms with van der Waals surface area (Å²) in [7, 11) is 0. The molecule has 0 aliphatic heterocycles. The van der Waals surface area contributed by atoms with Gasteiger partial charge in [0.25, 0.3) is 0 Å². The molecule has 228 valence electrons. The van der Waals surface area contributed by atoms with Crippen molar-refractivity contribution >= 4 is 0 Å². The van der Waals surface area contributed by atoms with E-state index < -0.39 is 5.41 Å². The highest BCUT2D eigenvalue weighted by molar-refractivity contribution is 5.98. The van der Waals surface area contributed by atoms with E-state index in [-0.39, 0.29) is 0 Å². The summed E-state index contributed by atoms with van der Waals surface area (Å²) >= 11 is 0. The highest BCUT2D eigenvalue weighted by atomic mass is 14.9. The lowest BCUT2D eigenvalue weighted by atomic mass is 9.66. The Labute approximate surface area is 285 Å². The van der Waals surface area contributed by atoms with Gasteiger partial charge in [0.2, 0.25) is 0 Å². The minimum Gasteiger partial charge on any atom is -0.265 e. The summed E-state index contributed by atoms with van der Waals surface area (Å²) < 4.78 is 0. The predicted molar refractivity (Wildman–Crippen MR) is 198 cm³/mol. The molecule has 8 aromatic rings. The zero-order valence-corrected chi connectivity index (χ0v) is 26.6. The van der Waals surface area contributed by atoms with Gasteiger partial charge in [-0.2, -0.15) is 0 Å². The average Bonchev–Trinajstić information content (AvgIpc) is 3.43. The average molecular weight is 624 g/mol. The van der Waals surface area contributed by atoms with Gasteiger partial charge in [0.15, 0.2) is 5.82 Å². The second-order valence-electron chi connectivity index (χ2n) is 12.8. The van der Waals surface area contributed by atoms with Gasteiger partial charge in [0, 0.05) is 29.1 Å². The molecule has 3 heteroatoms. The molecule has 0 fully saturated rings. The molecule has 10 rings (SSSR count). The summed E-state index contributed by atoms with van der Waals surface area (Å²) in [5, 5.41) is 0. The standard InChI is InChI=1S/C46H29N3/c1-2-12-30(13-3-1)43-29-44(31-24-26-47-27-25-31)49-45(48-43)32-22-23-42-38(28-32)34-15-5-4-14-33(34)35-16-6-9-19-39(35)46(42)40-20-10-7-17-36(40)37-18-8-11-21-41(37)46/h1-29H. The monoisotopic (exact) mass is 623 g/mol. The van der Waals surface area contributed by atoms with Crippen LogP contribution in [-0.2, 0) is 5.41 Å². The van der Waals surface area contributed by atoms with E-state index >= 15 is 0 Å². The highest BCUT2D eigenvalue weighted by Crippen LogP contribution is 2.61. The lowest BCUT2D eigenvalue weighted by Gasteiger charge is -2.35. The van der Waals surface area contributed by atoms with Crippen LogP contribution < -0.4 is 0 Å². The quantitative estimate of drug-likeness (QED) is 0.197. The Kier molecular flexibility index (Phi) is 6.09. The van der Waals surface area contributed by atoms with Gasteiger partial charge >= 0.3 is 0 Å². The lowest BCUT2D eigenvalue weighted by molar-refractivity contribution is 0.775. The summed E-state index contributed by atoms with van der Waals surface area (Å²) in [6.45, 7) is 0. The summed E-state index contributed by atoms with van der Waals surface area (Å²) in [5.74, 6) is 0.691. The third-order valence-corrected chi connectivity index (χ3v) is 10.2. The molecule has 0 N–H and O–H groups in total. The number of nitrogens with zero attached hydrogens (tertiary/aromatic N) is 3. The lowest BCUT2D eigenvalue weighted by Crippen LogP contribution is -2.29. The Hall–Kier alpha value is -6.45. The maximum absolute atomic E-state index is 5.20. The van der Waals surface area contributed by atoms with Crippen LogP contribution in [0.3, 0.4) is 0 Å². The number of pyridine rings is 1. The van der Waals surface area contributed by atoms with Crippen LogP contribution in [0.4, 0.5) is 0 Å². The molecule has 0 bridgehead atoms. The smallest absolute Gasteiger partial charge is 0.160 e. The van der Waals surface area contributed by atoms with Crippen molar-refractivity contribution in [3.05, 3.63) is 198 Å². The van der Waals surface area contributed by atoms with Gasteiger partial charge in [0.1, 0.15) is 0 Å². The molecule has 0 amide bonds. The Morgan fingerprint density at radius 3 is 1.37 bits per heavy atom. The SMILES string of the molecule is c1ccc(-c2cc(-c3ccncc3)nc(-c3ccc4c(c3)-c3ccccc3-c3ccccc3C43c4ccccc4-c4ccccc43)n2)cc1. The third-order valence-electron chi connectivity index (χ3n) is 10.2. The largest absolute Gasteiger partial charge is 0.265 e. The second kappa shape index (κ2) is 10.8. The zero-order chi connectivity index (χ0) is 32.4. The van der Waals surface area contributed by atoms with Crippen molar-refractivity contribution in [2.45, 2.75) is 5.41 Å². The second-order valence-corrected chi connectivity index (χ2v) is 12.8. The molecule has 0 radical (unpaired) electrons. The molecule has 3 nitrogen and oxygen atoms in total. The Bertz CT molecular complexity index is 2450.